The zero-order chi connectivity index (χ0) is 21.2. The number of hydrogen-bond acceptors (Lipinski definition) is 9. The molecule has 29 heavy (non-hydrogen) atoms. The lowest BCUT2D eigenvalue weighted by Gasteiger charge is -2.22. The quantitative estimate of drug-likeness (QED) is 0.211. The minimum absolute atomic E-state index is 0.0159. The molecule has 12 nitrogen and oxygen atoms in total. The third-order valence-electron chi connectivity index (χ3n) is 4.20. The van der Waals surface area contributed by atoms with Crippen molar-refractivity contribution in [2.24, 2.45) is 10.1 Å². The fraction of sp³-hybridized carbons (Fsp3) is 0.357. The van der Waals surface area contributed by atoms with Crippen LogP contribution in [-0.2, 0) is 10.2 Å². The minimum Gasteiger partial charge on any atom is -0.387 e. The highest BCUT2D eigenvalue weighted by molar-refractivity contribution is 9.10. The summed E-state index contributed by atoms with van der Waals surface area (Å²) in [5.41, 5.74) is 0.747. The Morgan fingerprint density at radius 1 is 1.48 bits per heavy atom. The van der Waals surface area contributed by atoms with Crippen LogP contribution in [0.2, 0.25) is 0 Å². The number of aromatic nitrogens is 2. The van der Waals surface area contributed by atoms with Gasteiger partial charge in [0.1, 0.15) is 5.82 Å². The summed E-state index contributed by atoms with van der Waals surface area (Å²) in [4.78, 5) is 4.11. The zero-order valence-electron chi connectivity index (χ0n) is 14.7. The predicted octanol–water partition coefficient (Wildman–Crippen LogP) is 0.0805. The number of nitrogens with two attached hydrogens (primary N) is 1. The topological polar surface area (TPSA) is 179 Å². The highest BCUT2D eigenvalue weighted by Crippen LogP contribution is 2.25. The van der Waals surface area contributed by atoms with E-state index in [0.29, 0.717) is 5.69 Å². The van der Waals surface area contributed by atoms with Gasteiger partial charge in [-0.2, -0.15) is 12.7 Å². The molecule has 1 aliphatic rings. The molecular weight excluding hydrogens is 477 g/mol. The standard InChI is InChI=1S/C14H17BrFN7O5S/c15-9-5-8(1-2-10(9)16)19-13(20-25)11-12(22-28-21-11)18-6-14(24)3-4-23(7-14)29(17,26)27/h1-2,5,24-25H,3-4,6-7H2,(H,18,22)(H,19,20)(H2,17,26,27). The first-order chi connectivity index (χ1) is 13.6. The lowest BCUT2D eigenvalue weighted by molar-refractivity contribution is 0.0694. The van der Waals surface area contributed by atoms with Crippen molar-refractivity contribution in [1.82, 2.24) is 20.1 Å². The first kappa shape index (κ1) is 21.5. The molecule has 0 bridgehead atoms. The Morgan fingerprint density at radius 2 is 2.24 bits per heavy atom. The van der Waals surface area contributed by atoms with Crippen LogP contribution in [0.25, 0.3) is 0 Å². The fourth-order valence-corrected chi connectivity index (χ4v) is 3.84. The summed E-state index contributed by atoms with van der Waals surface area (Å²) < 4.78 is 42.0. The molecule has 1 aliphatic heterocycles. The third kappa shape index (κ3) is 5.06. The van der Waals surface area contributed by atoms with Crippen LogP contribution in [-0.4, -0.2) is 64.4 Å². The molecule has 15 heteroatoms. The van der Waals surface area contributed by atoms with E-state index in [-0.39, 0.29) is 47.9 Å². The monoisotopic (exact) mass is 493 g/mol. The Morgan fingerprint density at radius 3 is 2.86 bits per heavy atom. The van der Waals surface area contributed by atoms with E-state index in [0.717, 1.165) is 4.31 Å². The number of aliphatic hydroxyl groups is 1. The molecule has 1 aromatic carbocycles. The number of hydroxylamine groups is 1. The second kappa shape index (κ2) is 8.29. The molecule has 1 unspecified atom stereocenters. The SMILES string of the molecule is NS(=O)(=O)N1CCC(O)(CNc2nonc2C(=Nc2ccc(F)c(Br)c2)NO)C1. The maximum absolute atomic E-state index is 13.4. The summed E-state index contributed by atoms with van der Waals surface area (Å²) in [5, 5.41) is 35.2. The molecule has 158 valence electrons. The number of β-amino-alcohol motifs (C(OH)–C–C–N with tert-alkyl or cyclic N) is 1. The summed E-state index contributed by atoms with van der Waals surface area (Å²) >= 11 is 3.04. The van der Waals surface area contributed by atoms with Crippen molar-refractivity contribution >= 4 is 43.5 Å². The minimum atomic E-state index is -3.91. The van der Waals surface area contributed by atoms with Gasteiger partial charge >= 0.3 is 0 Å². The van der Waals surface area contributed by atoms with Gasteiger partial charge in [0.25, 0.3) is 10.2 Å². The van der Waals surface area contributed by atoms with Crippen molar-refractivity contribution in [3.05, 3.63) is 34.2 Å². The Bertz CT molecular complexity index is 1030. The molecular formula is C14H17BrFN7O5S. The average Bonchev–Trinajstić information content (AvgIpc) is 3.28. The van der Waals surface area contributed by atoms with Gasteiger partial charge in [-0.25, -0.2) is 19.2 Å². The number of halogens is 2. The second-order valence-electron chi connectivity index (χ2n) is 6.34. The number of nitrogens with zero attached hydrogens (tertiary/aromatic N) is 4. The van der Waals surface area contributed by atoms with E-state index in [9.17, 15) is 23.1 Å². The van der Waals surface area contributed by atoms with Crippen LogP contribution in [0.4, 0.5) is 15.9 Å². The van der Waals surface area contributed by atoms with Crippen LogP contribution in [0, 0.1) is 5.82 Å². The molecule has 0 aliphatic carbocycles. The van der Waals surface area contributed by atoms with Crippen LogP contribution in [0.5, 0.6) is 0 Å². The Hall–Kier alpha value is -2.17. The number of nitrogens with one attached hydrogen (secondary N) is 2. The van der Waals surface area contributed by atoms with Gasteiger partial charge < -0.3 is 10.4 Å². The van der Waals surface area contributed by atoms with Gasteiger partial charge in [-0.3, -0.25) is 10.7 Å². The fourth-order valence-electron chi connectivity index (χ4n) is 2.70. The summed E-state index contributed by atoms with van der Waals surface area (Å²) in [5.74, 6) is -0.600. The van der Waals surface area contributed by atoms with E-state index in [2.05, 4.69) is 41.2 Å². The van der Waals surface area contributed by atoms with Crippen LogP contribution in [0.1, 0.15) is 12.1 Å². The van der Waals surface area contributed by atoms with Crippen molar-refractivity contribution in [2.75, 3.05) is 25.0 Å². The largest absolute Gasteiger partial charge is 0.387 e. The predicted molar refractivity (Wildman–Crippen MR) is 102 cm³/mol. The smallest absolute Gasteiger partial charge is 0.277 e. The maximum Gasteiger partial charge on any atom is 0.277 e. The molecule has 3 rings (SSSR count). The summed E-state index contributed by atoms with van der Waals surface area (Å²) in [6.45, 7) is -0.214. The summed E-state index contributed by atoms with van der Waals surface area (Å²) in [6.07, 6.45) is 0.153. The first-order valence-corrected chi connectivity index (χ1v) is 10.4. The Balaban J connectivity index is 1.76. The molecule has 0 radical (unpaired) electrons. The first-order valence-electron chi connectivity index (χ1n) is 8.12. The van der Waals surface area contributed by atoms with Gasteiger partial charge in [0.2, 0.25) is 5.82 Å². The van der Waals surface area contributed by atoms with Gasteiger partial charge in [-0.15, -0.1) is 0 Å². The van der Waals surface area contributed by atoms with Gasteiger partial charge in [-0.05, 0) is 50.9 Å². The van der Waals surface area contributed by atoms with Crippen molar-refractivity contribution in [1.29, 1.82) is 0 Å². The van der Waals surface area contributed by atoms with E-state index in [1.54, 1.807) is 0 Å². The van der Waals surface area contributed by atoms with Gasteiger partial charge in [0.15, 0.2) is 11.5 Å². The Kier molecular flexibility index (Phi) is 6.16. The van der Waals surface area contributed by atoms with Crippen LogP contribution < -0.4 is 15.9 Å². The average molecular weight is 494 g/mol. The van der Waals surface area contributed by atoms with Gasteiger partial charge in [0, 0.05) is 19.6 Å². The molecule has 6 N–H and O–H groups in total. The van der Waals surface area contributed by atoms with Crippen LogP contribution in [0.15, 0.2) is 32.3 Å². The maximum atomic E-state index is 13.4. The number of benzene rings is 1. The van der Waals surface area contributed by atoms with E-state index < -0.39 is 21.6 Å². The van der Waals surface area contributed by atoms with E-state index >= 15 is 0 Å². The number of rotatable bonds is 6. The molecule has 0 saturated carbocycles. The molecule has 1 aromatic heterocycles. The van der Waals surface area contributed by atoms with Crippen molar-refractivity contribution in [3.63, 3.8) is 0 Å². The normalized spacial score (nSPS) is 20.8. The van der Waals surface area contributed by atoms with Crippen molar-refractivity contribution in [3.8, 4) is 0 Å². The molecule has 1 atom stereocenters. The second-order valence-corrected chi connectivity index (χ2v) is 8.74. The van der Waals surface area contributed by atoms with Crippen molar-refractivity contribution in [2.45, 2.75) is 12.0 Å². The molecule has 2 aromatic rings. The number of anilines is 1. The third-order valence-corrected chi connectivity index (χ3v) is 5.84. The van der Waals surface area contributed by atoms with Gasteiger partial charge in [-0.1, -0.05) is 0 Å². The number of hydrogen-bond donors (Lipinski definition) is 5. The molecule has 0 amide bonds. The zero-order valence-corrected chi connectivity index (χ0v) is 17.1. The lowest BCUT2D eigenvalue weighted by Crippen LogP contribution is -2.43. The molecule has 2 heterocycles. The highest BCUT2D eigenvalue weighted by atomic mass is 79.9. The van der Waals surface area contributed by atoms with E-state index in [1.807, 2.05) is 5.48 Å². The lowest BCUT2D eigenvalue weighted by atomic mass is 10.0. The molecule has 1 saturated heterocycles. The molecule has 0 spiro atoms. The number of aliphatic imine (C=N–C) groups is 1. The molecule has 1 fully saturated rings. The van der Waals surface area contributed by atoms with Crippen molar-refractivity contribution < 1.29 is 27.8 Å². The van der Waals surface area contributed by atoms with E-state index in [4.69, 9.17) is 5.14 Å². The summed E-state index contributed by atoms with van der Waals surface area (Å²) in [6, 6.07) is 3.95. The Labute approximate surface area is 172 Å². The highest BCUT2D eigenvalue weighted by Gasteiger charge is 2.40. The summed E-state index contributed by atoms with van der Waals surface area (Å²) in [7, 11) is -3.91. The van der Waals surface area contributed by atoms with Gasteiger partial charge in [0.05, 0.1) is 15.8 Å². The van der Waals surface area contributed by atoms with E-state index in [1.165, 1.54) is 18.2 Å². The number of amidine groups is 1. The van der Waals surface area contributed by atoms with Crippen LogP contribution >= 0.6 is 15.9 Å². The van der Waals surface area contributed by atoms with Crippen LogP contribution in [0.3, 0.4) is 0 Å².